The normalized spacial score (nSPS) is 18.3. The van der Waals surface area contributed by atoms with Crippen molar-refractivity contribution in [2.75, 3.05) is 26.3 Å². The maximum atomic E-state index is 13.5. The zero-order valence-electron chi connectivity index (χ0n) is 20.0. The van der Waals surface area contributed by atoms with Gasteiger partial charge in [-0.2, -0.15) is 13.2 Å². The molecule has 1 heterocycles. The van der Waals surface area contributed by atoms with Crippen LogP contribution in [0.4, 0.5) is 13.2 Å². The molecule has 2 fully saturated rings. The van der Waals surface area contributed by atoms with Gasteiger partial charge in [-0.1, -0.05) is 6.07 Å². The van der Waals surface area contributed by atoms with Crippen LogP contribution >= 0.6 is 0 Å². The van der Waals surface area contributed by atoms with Gasteiger partial charge in [0.1, 0.15) is 11.5 Å². The number of nitrogens with zero attached hydrogens (tertiary/aromatic N) is 1. The molecule has 4 rings (SSSR count). The summed E-state index contributed by atoms with van der Waals surface area (Å²) in [7, 11) is -4.11. The standard InChI is InChI=1S/C25H29F3N2O6S/c26-25(27,28)18-3-1-4-21(17-18)36-16-2-15-35-20-7-9-22(10-8-20)37(33,34)24(23(31)29-32)11-13-30(14-12-24)19-5-6-19/h1,3-4,7-10,17,19,32H,2,5-6,11-16H2,(H,29,31). The van der Waals surface area contributed by atoms with E-state index in [1.165, 1.54) is 36.4 Å². The third-order valence-corrected chi connectivity index (χ3v) is 9.34. The Morgan fingerprint density at radius 3 is 2.22 bits per heavy atom. The molecule has 1 aliphatic carbocycles. The zero-order valence-corrected chi connectivity index (χ0v) is 20.9. The summed E-state index contributed by atoms with van der Waals surface area (Å²) in [6.07, 6.45) is -1.74. The lowest BCUT2D eigenvalue weighted by atomic mass is 9.94. The fourth-order valence-corrected chi connectivity index (χ4v) is 6.51. The van der Waals surface area contributed by atoms with E-state index in [4.69, 9.17) is 9.47 Å². The molecule has 1 amide bonds. The van der Waals surface area contributed by atoms with Gasteiger partial charge in [0.25, 0.3) is 5.91 Å². The van der Waals surface area contributed by atoms with Crippen molar-refractivity contribution in [1.29, 1.82) is 0 Å². The van der Waals surface area contributed by atoms with Crippen LogP contribution in [-0.4, -0.2) is 61.5 Å². The molecule has 1 saturated heterocycles. The lowest BCUT2D eigenvalue weighted by Gasteiger charge is -2.39. The Labute approximate surface area is 213 Å². The number of sulfone groups is 1. The Kier molecular flexibility index (Phi) is 8.00. The lowest BCUT2D eigenvalue weighted by molar-refractivity contribution is -0.137. The number of carbonyl (C=O) groups is 1. The largest absolute Gasteiger partial charge is 0.493 e. The van der Waals surface area contributed by atoms with Crippen molar-refractivity contribution in [3.63, 3.8) is 0 Å². The first-order valence-electron chi connectivity index (χ1n) is 12.0. The van der Waals surface area contributed by atoms with Crippen LogP contribution in [0.25, 0.3) is 0 Å². The fourth-order valence-electron chi connectivity index (χ4n) is 4.55. The minimum Gasteiger partial charge on any atom is -0.493 e. The Morgan fingerprint density at radius 2 is 1.65 bits per heavy atom. The van der Waals surface area contributed by atoms with E-state index < -0.39 is 32.2 Å². The summed E-state index contributed by atoms with van der Waals surface area (Å²) in [5.74, 6) is -0.431. The molecule has 0 radical (unpaired) electrons. The van der Waals surface area contributed by atoms with E-state index in [9.17, 15) is 31.6 Å². The predicted molar refractivity (Wildman–Crippen MR) is 127 cm³/mol. The van der Waals surface area contributed by atoms with Gasteiger partial charge in [-0.3, -0.25) is 10.0 Å². The molecule has 0 unspecified atom stereocenters. The maximum absolute atomic E-state index is 13.5. The third kappa shape index (κ3) is 6.02. The van der Waals surface area contributed by atoms with E-state index >= 15 is 0 Å². The monoisotopic (exact) mass is 542 g/mol. The second-order valence-electron chi connectivity index (χ2n) is 9.25. The summed E-state index contributed by atoms with van der Waals surface area (Å²) < 4.78 is 74.6. The zero-order chi connectivity index (χ0) is 26.7. The molecule has 2 aliphatic rings. The first kappa shape index (κ1) is 27.2. The van der Waals surface area contributed by atoms with Crippen molar-refractivity contribution in [1.82, 2.24) is 10.4 Å². The molecule has 37 heavy (non-hydrogen) atoms. The summed E-state index contributed by atoms with van der Waals surface area (Å²) in [6.45, 7) is 1.24. The van der Waals surface area contributed by atoms with E-state index in [0.717, 1.165) is 25.0 Å². The molecule has 2 aromatic carbocycles. The molecule has 0 spiro atoms. The molecule has 1 aliphatic heterocycles. The lowest BCUT2D eigenvalue weighted by Crippen LogP contribution is -2.58. The second-order valence-corrected chi connectivity index (χ2v) is 11.5. The SMILES string of the molecule is O=C(NO)C1(S(=O)(=O)c2ccc(OCCCOc3cccc(C(F)(F)F)c3)cc2)CCN(C2CC2)CC1. The smallest absolute Gasteiger partial charge is 0.416 e. The van der Waals surface area contributed by atoms with Gasteiger partial charge in [-0.15, -0.1) is 0 Å². The fraction of sp³-hybridized carbons (Fsp3) is 0.480. The van der Waals surface area contributed by atoms with Crippen LogP contribution < -0.4 is 15.0 Å². The molecular weight excluding hydrogens is 513 g/mol. The van der Waals surface area contributed by atoms with E-state index in [1.54, 1.807) is 5.48 Å². The van der Waals surface area contributed by atoms with Crippen LogP contribution in [0.15, 0.2) is 53.4 Å². The molecule has 2 N–H and O–H groups in total. The first-order valence-corrected chi connectivity index (χ1v) is 13.5. The van der Waals surface area contributed by atoms with Crippen molar-refractivity contribution < 1.29 is 41.1 Å². The number of piperidine rings is 1. The summed E-state index contributed by atoms with van der Waals surface area (Å²) in [6, 6.07) is 10.7. The number of likely N-dealkylation sites (tertiary alicyclic amines) is 1. The van der Waals surface area contributed by atoms with Gasteiger partial charge in [-0.25, -0.2) is 13.9 Å². The van der Waals surface area contributed by atoms with Crippen molar-refractivity contribution >= 4 is 15.7 Å². The number of ether oxygens (including phenoxy) is 2. The molecule has 8 nitrogen and oxygen atoms in total. The van der Waals surface area contributed by atoms with Gasteiger partial charge in [0, 0.05) is 25.6 Å². The third-order valence-electron chi connectivity index (χ3n) is 6.82. The number of amides is 1. The summed E-state index contributed by atoms with van der Waals surface area (Å²) in [5, 5.41) is 9.30. The van der Waals surface area contributed by atoms with Crippen LogP contribution in [0.2, 0.25) is 0 Å². The Morgan fingerprint density at radius 1 is 1.03 bits per heavy atom. The van der Waals surface area contributed by atoms with E-state index in [1.807, 2.05) is 0 Å². The summed E-state index contributed by atoms with van der Waals surface area (Å²) >= 11 is 0. The Hall–Kier alpha value is -2.83. The number of benzene rings is 2. The highest BCUT2D eigenvalue weighted by Crippen LogP contribution is 2.39. The maximum Gasteiger partial charge on any atom is 0.416 e. The first-order chi connectivity index (χ1) is 17.6. The van der Waals surface area contributed by atoms with Gasteiger partial charge in [-0.05, 0) is 68.1 Å². The van der Waals surface area contributed by atoms with Crippen molar-refractivity contribution in [2.24, 2.45) is 0 Å². The average molecular weight is 543 g/mol. The number of carbonyl (C=O) groups excluding carboxylic acids is 1. The number of hydrogen-bond acceptors (Lipinski definition) is 7. The number of hydrogen-bond donors (Lipinski definition) is 2. The van der Waals surface area contributed by atoms with Gasteiger partial charge < -0.3 is 14.4 Å². The highest BCUT2D eigenvalue weighted by atomic mass is 32.2. The highest BCUT2D eigenvalue weighted by Gasteiger charge is 2.54. The van der Waals surface area contributed by atoms with Gasteiger partial charge in [0.15, 0.2) is 14.6 Å². The van der Waals surface area contributed by atoms with E-state index in [2.05, 4.69) is 4.90 Å². The Balaban J connectivity index is 1.32. The van der Waals surface area contributed by atoms with E-state index in [-0.39, 0.29) is 36.7 Å². The minimum absolute atomic E-state index is 0.0452. The average Bonchev–Trinajstić information content (AvgIpc) is 3.73. The minimum atomic E-state index is -4.45. The molecule has 0 aromatic heterocycles. The van der Waals surface area contributed by atoms with Crippen LogP contribution in [0.1, 0.15) is 37.7 Å². The number of rotatable bonds is 10. The van der Waals surface area contributed by atoms with Gasteiger partial charge in [0.05, 0.1) is 23.7 Å². The number of hydroxylamine groups is 1. The van der Waals surface area contributed by atoms with E-state index in [0.29, 0.717) is 31.3 Å². The number of halogens is 3. The Bertz CT molecular complexity index is 1190. The van der Waals surface area contributed by atoms with Crippen molar-refractivity contribution in [3.05, 3.63) is 54.1 Å². The molecule has 1 saturated carbocycles. The van der Waals surface area contributed by atoms with Crippen LogP contribution in [-0.2, 0) is 20.8 Å². The number of alkyl halides is 3. The van der Waals surface area contributed by atoms with Crippen molar-refractivity contribution in [3.8, 4) is 11.5 Å². The van der Waals surface area contributed by atoms with Crippen LogP contribution in [0.3, 0.4) is 0 Å². The number of nitrogens with one attached hydrogen (secondary N) is 1. The van der Waals surface area contributed by atoms with Crippen LogP contribution in [0, 0.1) is 0 Å². The topological polar surface area (TPSA) is 105 Å². The highest BCUT2D eigenvalue weighted by molar-refractivity contribution is 7.93. The molecule has 0 atom stereocenters. The molecule has 0 bridgehead atoms. The van der Waals surface area contributed by atoms with Crippen LogP contribution in [0.5, 0.6) is 11.5 Å². The van der Waals surface area contributed by atoms with Crippen molar-refractivity contribution in [2.45, 2.75) is 54.0 Å². The predicted octanol–water partition coefficient (Wildman–Crippen LogP) is 3.83. The molecular formula is C25H29F3N2O6S. The van der Waals surface area contributed by atoms with Gasteiger partial charge >= 0.3 is 6.18 Å². The van der Waals surface area contributed by atoms with Gasteiger partial charge in [0.2, 0.25) is 0 Å². The second kappa shape index (κ2) is 10.9. The quantitative estimate of drug-likeness (QED) is 0.267. The molecule has 2 aromatic rings. The summed E-state index contributed by atoms with van der Waals surface area (Å²) in [4.78, 5) is 14.7. The molecule has 202 valence electrons. The molecule has 12 heteroatoms. The summed E-state index contributed by atoms with van der Waals surface area (Å²) in [5.41, 5.74) is 0.767.